The molecular formula is C35H44N2O3. The number of hydrogen-bond donors (Lipinski definition) is 1. The minimum absolute atomic E-state index is 0.0909. The fourth-order valence-corrected chi connectivity index (χ4v) is 5.54. The van der Waals surface area contributed by atoms with Crippen LogP contribution in [0.15, 0.2) is 78.9 Å². The van der Waals surface area contributed by atoms with Crippen molar-refractivity contribution in [2.24, 2.45) is 0 Å². The van der Waals surface area contributed by atoms with Gasteiger partial charge in [-0.3, -0.25) is 9.59 Å². The SMILES string of the molecule is Cc1cccc(CN(C(=O)COc2ccccc2C(C)(C)C)C(Cc2ccccc2)C(=O)NC2CCCCC2)c1. The molecule has 4 rings (SSSR count). The number of nitrogens with one attached hydrogen (secondary N) is 1. The summed E-state index contributed by atoms with van der Waals surface area (Å²) in [6, 6.07) is 25.5. The zero-order chi connectivity index (χ0) is 28.5. The van der Waals surface area contributed by atoms with Gasteiger partial charge in [0.2, 0.25) is 5.91 Å². The summed E-state index contributed by atoms with van der Waals surface area (Å²) in [4.78, 5) is 29.7. The smallest absolute Gasteiger partial charge is 0.261 e. The van der Waals surface area contributed by atoms with Crippen LogP contribution in [0.3, 0.4) is 0 Å². The molecular weight excluding hydrogens is 496 g/mol. The van der Waals surface area contributed by atoms with Crippen LogP contribution in [0.4, 0.5) is 0 Å². The summed E-state index contributed by atoms with van der Waals surface area (Å²) in [5.74, 6) is 0.405. The lowest BCUT2D eigenvalue weighted by Gasteiger charge is -2.33. The van der Waals surface area contributed by atoms with Crippen LogP contribution < -0.4 is 10.1 Å². The molecule has 5 heteroatoms. The van der Waals surface area contributed by atoms with Crippen LogP contribution >= 0.6 is 0 Å². The summed E-state index contributed by atoms with van der Waals surface area (Å²) in [7, 11) is 0. The standard InChI is InChI=1S/C35H44N2O3/c1-26-14-13-17-28(22-26)24-37(33(38)25-40-32-21-12-11-20-30(32)35(2,3)4)31(23-27-15-7-5-8-16-27)34(39)36-29-18-9-6-10-19-29/h5,7-8,11-17,20-22,29,31H,6,9-10,18-19,23-25H2,1-4H3,(H,36,39). The van der Waals surface area contributed by atoms with Crippen molar-refractivity contribution in [2.75, 3.05) is 6.61 Å². The van der Waals surface area contributed by atoms with E-state index in [1.54, 1.807) is 4.90 Å². The molecule has 0 spiro atoms. The fraction of sp³-hybridized carbons (Fsp3) is 0.429. The molecule has 1 N–H and O–H groups in total. The second kappa shape index (κ2) is 13.6. The maximum Gasteiger partial charge on any atom is 0.261 e. The van der Waals surface area contributed by atoms with E-state index >= 15 is 0 Å². The van der Waals surface area contributed by atoms with Gasteiger partial charge in [0.05, 0.1) is 0 Å². The van der Waals surface area contributed by atoms with E-state index in [0.717, 1.165) is 47.9 Å². The Hall–Kier alpha value is -3.60. The first-order valence-corrected chi connectivity index (χ1v) is 14.6. The second-order valence-electron chi connectivity index (χ2n) is 12.1. The van der Waals surface area contributed by atoms with Crippen LogP contribution in [0.2, 0.25) is 0 Å². The van der Waals surface area contributed by atoms with E-state index in [4.69, 9.17) is 4.74 Å². The Balaban J connectivity index is 1.64. The molecule has 0 aliphatic heterocycles. The van der Waals surface area contributed by atoms with Crippen molar-refractivity contribution in [1.29, 1.82) is 0 Å². The number of para-hydroxylation sites is 1. The number of rotatable bonds is 10. The van der Waals surface area contributed by atoms with Gasteiger partial charge in [0.15, 0.2) is 6.61 Å². The molecule has 3 aromatic rings. The van der Waals surface area contributed by atoms with Gasteiger partial charge in [-0.1, -0.05) is 118 Å². The molecule has 3 aromatic carbocycles. The zero-order valence-corrected chi connectivity index (χ0v) is 24.5. The van der Waals surface area contributed by atoms with Crippen molar-refractivity contribution >= 4 is 11.8 Å². The number of amides is 2. The van der Waals surface area contributed by atoms with Crippen molar-refractivity contribution < 1.29 is 14.3 Å². The van der Waals surface area contributed by atoms with Gasteiger partial charge in [-0.15, -0.1) is 0 Å². The number of carbonyl (C=O) groups is 2. The van der Waals surface area contributed by atoms with Gasteiger partial charge in [0.25, 0.3) is 5.91 Å². The molecule has 1 aliphatic rings. The van der Waals surface area contributed by atoms with Gasteiger partial charge in [-0.2, -0.15) is 0 Å². The van der Waals surface area contributed by atoms with E-state index < -0.39 is 6.04 Å². The predicted octanol–water partition coefficient (Wildman–Crippen LogP) is 6.76. The quantitative estimate of drug-likeness (QED) is 0.309. The van der Waals surface area contributed by atoms with E-state index in [-0.39, 0.29) is 29.9 Å². The molecule has 0 radical (unpaired) electrons. The van der Waals surface area contributed by atoms with Gasteiger partial charge in [0.1, 0.15) is 11.8 Å². The van der Waals surface area contributed by atoms with E-state index in [2.05, 4.69) is 32.2 Å². The fourth-order valence-electron chi connectivity index (χ4n) is 5.54. The van der Waals surface area contributed by atoms with Gasteiger partial charge in [-0.05, 0) is 47.9 Å². The summed E-state index contributed by atoms with van der Waals surface area (Å²) in [6.45, 7) is 8.63. The highest BCUT2D eigenvalue weighted by Crippen LogP contribution is 2.31. The summed E-state index contributed by atoms with van der Waals surface area (Å²) in [5, 5.41) is 3.30. The summed E-state index contributed by atoms with van der Waals surface area (Å²) in [5.41, 5.74) is 4.05. The molecule has 0 heterocycles. The normalized spacial score (nSPS) is 14.8. The number of benzene rings is 3. The first-order valence-electron chi connectivity index (χ1n) is 14.6. The highest BCUT2D eigenvalue weighted by Gasteiger charge is 2.32. The largest absolute Gasteiger partial charge is 0.483 e. The Morgan fingerprint density at radius 1 is 0.900 bits per heavy atom. The average Bonchev–Trinajstić information content (AvgIpc) is 2.94. The summed E-state index contributed by atoms with van der Waals surface area (Å²) < 4.78 is 6.18. The highest BCUT2D eigenvalue weighted by molar-refractivity contribution is 5.88. The molecule has 5 nitrogen and oxygen atoms in total. The maximum atomic E-state index is 14.0. The van der Waals surface area contributed by atoms with E-state index in [0.29, 0.717) is 18.7 Å². The van der Waals surface area contributed by atoms with Crippen molar-refractivity contribution in [3.63, 3.8) is 0 Å². The first-order chi connectivity index (χ1) is 19.2. The molecule has 0 bridgehead atoms. The average molecular weight is 541 g/mol. The Bertz CT molecular complexity index is 1260. The lowest BCUT2D eigenvalue weighted by atomic mass is 9.86. The molecule has 1 unspecified atom stereocenters. The summed E-state index contributed by atoms with van der Waals surface area (Å²) >= 11 is 0. The van der Waals surface area contributed by atoms with Crippen LogP contribution in [-0.2, 0) is 28.0 Å². The number of aryl methyl sites for hydroxylation is 1. The molecule has 40 heavy (non-hydrogen) atoms. The van der Waals surface area contributed by atoms with Crippen LogP contribution in [0, 0.1) is 6.92 Å². The lowest BCUT2D eigenvalue weighted by Crippen LogP contribution is -2.53. The van der Waals surface area contributed by atoms with E-state index in [9.17, 15) is 9.59 Å². The topological polar surface area (TPSA) is 58.6 Å². The minimum Gasteiger partial charge on any atom is -0.483 e. The Labute approximate surface area is 239 Å². The van der Waals surface area contributed by atoms with Crippen molar-refractivity contribution in [2.45, 2.75) is 90.3 Å². The molecule has 0 aromatic heterocycles. The van der Waals surface area contributed by atoms with E-state index in [1.807, 2.05) is 79.7 Å². The van der Waals surface area contributed by atoms with Crippen molar-refractivity contribution in [3.05, 3.63) is 101 Å². The van der Waals surface area contributed by atoms with Gasteiger partial charge >= 0.3 is 0 Å². The Kier molecular flexibility index (Phi) is 10.0. The Morgan fingerprint density at radius 3 is 2.27 bits per heavy atom. The third kappa shape index (κ3) is 8.20. The van der Waals surface area contributed by atoms with Crippen LogP contribution in [0.1, 0.15) is 75.1 Å². The first kappa shape index (κ1) is 29.4. The Morgan fingerprint density at radius 2 is 1.57 bits per heavy atom. The van der Waals surface area contributed by atoms with Crippen LogP contribution in [0.25, 0.3) is 0 Å². The molecule has 212 valence electrons. The molecule has 2 amide bonds. The maximum absolute atomic E-state index is 14.0. The van der Waals surface area contributed by atoms with Gasteiger partial charge < -0.3 is 15.0 Å². The lowest BCUT2D eigenvalue weighted by molar-refractivity contribution is -0.143. The van der Waals surface area contributed by atoms with Crippen molar-refractivity contribution in [1.82, 2.24) is 10.2 Å². The molecule has 1 atom stereocenters. The van der Waals surface area contributed by atoms with Gasteiger partial charge in [-0.25, -0.2) is 0 Å². The zero-order valence-electron chi connectivity index (χ0n) is 24.5. The third-order valence-corrected chi connectivity index (χ3v) is 7.70. The second-order valence-corrected chi connectivity index (χ2v) is 12.1. The minimum atomic E-state index is -0.654. The van der Waals surface area contributed by atoms with E-state index in [1.165, 1.54) is 6.42 Å². The third-order valence-electron chi connectivity index (χ3n) is 7.70. The number of ether oxygens (including phenoxy) is 1. The van der Waals surface area contributed by atoms with Crippen LogP contribution in [-0.4, -0.2) is 35.4 Å². The number of nitrogens with zero attached hydrogens (tertiary/aromatic N) is 1. The number of carbonyl (C=O) groups excluding carboxylic acids is 2. The number of hydrogen-bond acceptors (Lipinski definition) is 3. The molecule has 1 saturated carbocycles. The molecule has 0 saturated heterocycles. The van der Waals surface area contributed by atoms with Gasteiger partial charge in [0, 0.05) is 19.0 Å². The van der Waals surface area contributed by atoms with Crippen LogP contribution in [0.5, 0.6) is 5.75 Å². The monoisotopic (exact) mass is 540 g/mol. The van der Waals surface area contributed by atoms with Crippen molar-refractivity contribution in [3.8, 4) is 5.75 Å². The summed E-state index contributed by atoms with van der Waals surface area (Å²) in [6.07, 6.45) is 5.88. The predicted molar refractivity (Wildman–Crippen MR) is 161 cm³/mol. The highest BCUT2D eigenvalue weighted by atomic mass is 16.5. The molecule has 1 aliphatic carbocycles. The molecule has 1 fully saturated rings.